The summed E-state index contributed by atoms with van der Waals surface area (Å²) in [6.07, 6.45) is 1.86. The van der Waals surface area contributed by atoms with Crippen LogP contribution in [0.5, 0.6) is 0 Å². The summed E-state index contributed by atoms with van der Waals surface area (Å²) in [7, 11) is 0. The molecule has 0 bridgehead atoms. The number of hydrogen-bond donors (Lipinski definition) is 0. The van der Waals surface area contributed by atoms with Gasteiger partial charge in [0.1, 0.15) is 5.82 Å². The first kappa shape index (κ1) is 39.1. The van der Waals surface area contributed by atoms with Gasteiger partial charge in [-0.1, -0.05) is 120 Å². The van der Waals surface area contributed by atoms with Gasteiger partial charge >= 0.3 is 0 Å². The molecule has 4 heterocycles. The second-order valence-electron chi connectivity index (χ2n) is 17.8. The van der Waals surface area contributed by atoms with Crippen LogP contribution in [0.4, 0.5) is 22.0 Å². The zero-order chi connectivity index (χ0) is 43.4. The molecule has 0 aliphatic rings. The molecule has 5 nitrogen and oxygen atoms in total. The van der Waals surface area contributed by atoms with Crippen LogP contribution >= 0.6 is 0 Å². The summed E-state index contributed by atoms with van der Waals surface area (Å²) in [5, 5.41) is 9.08. The van der Waals surface area contributed by atoms with E-state index in [2.05, 4.69) is 84.5 Å². The first-order chi connectivity index (χ1) is 29.6. The fourth-order valence-corrected chi connectivity index (χ4v) is 8.77. The van der Waals surface area contributed by atoms with Gasteiger partial charge in [0.05, 0.1) is 44.7 Å². The van der Waals surface area contributed by atoms with Crippen LogP contribution in [0.25, 0.3) is 83.2 Å². The number of hydrogen-bond acceptors (Lipinski definition) is 2. The van der Waals surface area contributed by atoms with Crippen LogP contribution in [0, 0.1) is 29.1 Å². The van der Waals surface area contributed by atoms with Gasteiger partial charge in [-0.2, -0.15) is 5.10 Å². The van der Waals surface area contributed by atoms with Gasteiger partial charge in [-0.25, -0.2) is 31.6 Å². The Labute approximate surface area is 354 Å². The van der Waals surface area contributed by atoms with E-state index in [1.165, 1.54) is 0 Å². The number of rotatable bonds is 5. The fourth-order valence-electron chi connectivity index (χ4n) is 8.77. The molecule has 4 aromatic heterocycles. The van der Waals surface area contributed by atoms with E-state index in [0.29, 0.717) is 11.3 Å². The molecule has 0 atom stereocenters. The van der Waals surface area contributed by atoms with E-state index in [1.807, 2.05) is 48.7 Å². The molecule has 0 amide bonds. The molecule has 0 radical (unpaired) electrons. The molecule has 308 valence electrons. The summed E-state index contributed by atoms with van der Waals surface area (Å²) in [5.41, 5.74) is 4.87. The van der Waals surface area contributed by atoms with E-state index in [1.54, 1.807) is 55.8 Å². The third kappa shape index (κ3) is 5.95. The highest BCUT2D eigenvalue weighted by atomic mass is 19.2. The predicted octanol–water partition coefficient (Wildman–Crippen LogP) is 14.1. The summed E-state index contributed by atoms with van der Waals surface area (Å²) in [5.74, 6) is -9.31. The van der Waals surface area contributed by atoms with E-state index in [-0.39, 0.29) is 22.4 Å². The molecular formula is C52H40F5N5. The quantitative estimate of drug-likeness (QED) is 0.0985. The van der Waals surface area contributed by atoms with Crippen molar-refractivity contribution in [3.05, 3.63) is 174 Å². The first-order valence-corrected chi connectivity index (χ1v) is 20.4. The topological polar surface area (TPSA) is 40.6 Å². The van der Waals surface area contributed by atoms with Crippen LogP contribution < -0.4 is 0 Å². The van der Waals surface area contributed by atoms with Crippen molar-refractivity contribution in [3.63, 3.8) is 0 Å². The molecular weight excluding hydrogens is 790 g/mol. The molecule has 10 heteroatoms. The van der Waals surface area contributed by atoms with Gasteiger partial charge in [0.2, 0.25) is 5.82 Å². The van der Waals surface area contributed by atoms with E-state index in [9.17, 15) is 4.39 Å². The highest BCUT2D eigenvalue weighted by molar-refractivity contribution is 6.12. The SMILES string of the molecule is CC(C)(C)c1ccnc(-n2c3ccccc3c3ccc(-n4c5ccccc5c5ccc(-n6nc(C(C)(C)C)c(-c7c(F)c(F)c(F)c(F)c7F)c6-c6ccccc6)cc54)cc32)c1. The maximum atomic E-state index is 16.0. The van der Waals surface area contributed by atoms with Gasteiger partial charge in [0.25, 0.3) is 0 Å². The second-order valence-corrected chi connectivity index (χ2v) is 17.8. The standard InChI is InChI=1S/C52H40F5N5/c1-51(2,3)30-24-25-58-41(26-30)61-38-19-13-11-17-34(38)36-22-20-31(27-40(36)61)60-37-18-12-10-16-33(37)35-23-21-32(28-39(35)60)62-49(29-14-8-7-9-15-29)43(50(59-62)52(4,5)6)42-44(53)46(55)48(57)47(56)45(42)54/h7-28H,1-6H3. The van der Waals surface area contributed by atoms with Crippen molar-refractivity contribution in [2.75, 3.05) is 0 Å². The number of halogens is 5. The molecule has 10 aromatic rings. The van der Waals surface area contributed by atoms with Crippen molar-refractivity contribution < 1.29 is 22.0 Å². The third-order valence-electron chi connectivity index (χ3n) is 11.8. The van der Waals surface area contributed by atoms with E-state index in [4.69, 9.17) is 10.1 Å². The molecule has 0 aliphatic carbocycles. The minimum absolute atomic E-state index is 0.0978. The van der Waals surface area contributed by atoms with Crippen LogP contribution in [-0.2, 0) is 10.8 Å². The maximum Gasteiger partial charge on any atom is 0.200 e. The van der Waals surface area contributed by atoms with Gasteiger partial charge in [-0.15, -0.1) is 0 Å². The zero-order valence-corrected chi connectivity index (χ0v) is 34.8. The minimum atomic E-state index is -2.22. The second kappa shape index (κ2) is 14.0. The van der Waals surface area contributed by atoms with Crippen molar-refractivity contribution in [2.24, 2.45) is 0 Å². The third-order valence-corrected chi connectivity index (χ3v) is 11.8. The Hall–Kier alpha value is -7.07. The Balaban J connectivity index is 1.27. The highest BCUT2D eigenvalue weighted by Crippen LogP contribution is 2.45. The summed E-state index contributed by atoms with van der Waals surface area (Å²) >= 11 is 0. The zero-order valence-electron chi connectivity index (χ0n) is 34.8. The molecule has 6 aromatic carbocycles. The lowest BCUT2D eigenvalue weighted by atomic mass is 9.85. The Bertz CT molecular complexity index is 3410. The number of aromatic nitrogens is 5. The number of fused-ring (bicyclic) bond motifs is 6. The Morgan fingerprint density at radius 3 is 1.58 bits per heavy atom. The minimum Gasteiger partial charge on any atom is -0.309 e. The van der Waals surface area contributed by atoms with Crippen LogP contribution in [0.15, 0.2) is 134 Å². The van der Waals surface area contributed by atoms with Crippen LogP contribution in [0.2, 0.25) is 0 Å². The monoisotopic (exact) mass is 829 g/mol. The summed E-state index contributed by atoms with van der Waals surface area (Å²) < 4.78 is 82.4. The van der Waals surface area contributed by atoms with E-state index in [0.717, 1.165) is 60.7 Å². The normalized spacial score (nSPS) is 12.4. The van der Waals surface area contributed by atoms with Crippen molar-refractivity contribution in [3.8, 4) is 39.6 Å². The molecule has 0 fully saturated rings. The van der Waals surface area contributed by atoms with Gasteiger partial charge in [-0.3, -0.25) is 4.57 Å². The van der Waals surface area contributed by atoms with Crippen LogP contribution in [0.1, 0.15) is 52.8 Å². The van der Waals surface area contributed by atoms with Crippen molar-refractivity contribution in [1.29, 1.82) is 0 Å². The summed E-state index contributed by atoms with van der Waals surface area (Å²) in [6.45, 7) is 11.9. The highest BCUT2D eigenvalue weighted by Gasteiger charge is 2.36. The van der Waals surface area contributed by atoms with E-state index < -0.39 is 40.1 Å². The molecule has 0 saturated carbocycles. The van der Waals surface area contributed by atoms with Gasteiger partial charge in [0, 0.05) is 50.0 Å². The Morgan fingerprint density at radius 2 is 0.968 bits per heavy atom. The molecule has 0 aliphatic heterocycles. The van der Waals surface area contributed by atoms with Crippen molar-refractivity contribution in [1.82, 2.24) is 23.9 Å². The predicted molar refractivity (Wildman–Crippen MR) is 238 cm³/mol. The fraction of sp³-hybridized carbons (Fsp3) is 0.154. The van der Waals surface area contributed by atoms with Crippen molar-refractivity contribution >= 4 is 43.6 Å². The number of pyridine rings is 1. The van der Waals surface area contributed by atoms with Gasteiger partial charge < -0.3 is 4.57 Å². The Kier molecular flexibility index (Phi) is 8.82. The smallest absolute Gasteiger partial charge is 0.200 e. The lowest BCUT2D eigenvalue weighted by molar-refractivity contribution is 0.381. The van der Waals surface area contributed by atoms with Gasteiger partial charge in [0.15, 0.2) is 23.3 Å². The summed E-state index contributed by atoms with van der Waals surface area (Å²) in [6, 6.07) is 41.5. The Morgan fingerprint density at radius 1 is 0.452 bits per heavy atom. The molecule has 62 heavy (non-hydrogen) atoms. The first-order valence-electron chi connectivity index (χ1n) is 20.4. The average Bonchev–Trinajstić information content (AvgIpc) is 3.93. The lowest BCUT2D eigenvalue weighted by Gasteiger charge is -2.20. The molecule has 0 unspecified atom stereocenters. The van der Waals surface area contributed by atoms with Gasteiger partial charge in [-0.05, 0) is 59.5 Å². The van der Waals surface area contributed by atoms with Crippen LogP contribution in [-0.4, -0.2) is 23.9 Å². The van der Waals surface area contributed by atoms with Crippen LogP contribution in [0.3, 0.4) is 0 Å². The maximum absolute atomic E-state index is 16.0. The molecule has 10 rings (SSSR count). The number of benzene rings is 6. The van der Waals surface area contributed by atoms with Crippen molar-refractivity contribution in [2.45, 2.75) is 52.4 Å². The number of para-hydroxylation sites is 2. The van der Waals surface area contributed by atoms with E-state index >= 15 is 17.6 Å². The number of nitrogens with zero attached hydrogens (tertiary/aromatic N) is 5. The lowest BCUT2D eigenvalue weighted by Crippen LogP contribution is -2.15. The molecule has 0 saturated heterocycles. The molecule has 0 spiro atoms. The molecule has 0 N–H and O–H groups in total. The summed E-state index contributed by atoms with van der Waals surface area (Å²) in [4.78, 5) is 4.88. The largest absolute Gasteiger partial charge is 0.309 e. The average molecular weight is 830 g/mol.